The number of esters is 3. The van der Waals surface area contributed by atoms with Crippen LogP contribution in [0.5, 0.6) is 0 Å². The minimum absolute atomic E-state index is 0.0675. The van der Waals surface area contributed by atoms with Gasteiger partial charge >= 0.3 is 17.9 Å². The molecule has 0 aliphatic carbocycles. The molecule has 0 spiro atoms. The summed E-state index contributed by atoms with van der Waals surface area (Å²) in [6, 6.07) is 0. The molecular weight excluding hydrogens is 805 g/mol. The maximum absolute atomic E-state index is 12.8. The lowest BCUT2D eigenvalue weighted by molar-refractivity contribution is -0.167. The first-order valence-electron chi connectivity index (χ1n) is 29.2. The van der Waals surface area contributed by atoms with Gasteiger partial charge in [0, 0.05) is 19.3 Å². The Balaban J connectivity index is 4.24. The standard InChI is InChI=1S/C59H112O6/c1-4-7-10-13-16-19-22-24-26-27-28-29-30-31-33-34-37-40-43-46-49-52-58(61)64-55-56(54-63-57(60)51-48-45-42-39-36-21-18-15-12-9-6-3)65-59(62)53-50-47-44-41-38-35-32-25-23-20-17-14-11-8-5-2/h25,32,56H,4-24,26-31,33-55H2,1-3H3/b32-25-. The fraction of sp³-hybridized carbons (Fsp3) is 0.915. The first-order chi connectivity index (χ1) is 32.0. The van der Waals surface area contributed by atoms with E-state index in [0.29, 0.717) is 19.3 Å². The molecule has 1 atom stereocenters. The summed E-state index contributed by atoms with van der Waals surface area (Å²) in [5, 5.41) is 0. The van der Waals surface area contributed by atoms with Crippen molar-refractivity contribution < 1.29 is 28.6 Å². The van der Waals surface area contributed by atoms with Gasteiger partial charge in [-0.25, -0.2) is 0 Å². The van der Waals surface area contributed by atoms with Crippen LogP contribution in [0.2, 0.25) is 0 Å². The van der Waals surface area contributed by atoms with E-state index < -0.39 is 6.10 Å². The summed E-state index contributed by atoms with van der Waals surface area (Å²) in [5.74, 6) is -0.854. The summed E-state index contributed by atoms with van der Waals surface area (Å²) in [7, 11) is 0. The molecule has 0 fully saturated rings. The van der Waals surface area contributed by atoms with Gasteiger partial charge in [0.1, 0.15) is 13.2 Å². The summed E-state index contributed by atoms with van der Waals surface area (Å²) >= 11 is 0. The van der Waals surface area contributed by atoms with Crippen LogP contribution in [0.3, 0.4) is 0 Å². The van der Waals surface area contributed by atoms with Crippen molar-refractivity contribution in [2.24, 2.45) is 0 Å². The quantitative estimate of drug-likeness (QED) is 0.0262. The monoisotopic (exact) mass is 917 g/mol. The van der Waals surface area contributed by atoms with Crippen LogP contribution in [-0.4, -0.2) is 37.2 Å². The molecule has 0 bridgehead atoms. The average molecular weight is 918 g/mol. The first-order valence-corrected chi connectivity index (χ1v) is 29.2. The second-order valence-corrected chi connectivity index (χ2v) is 19.9. The second-order valence-electron chi connectivity index (χ2n) is 19.9. The van der Waals surface area contributed by atoms with Crippen molar-refractivity contribution in [3.8, 4) is 0 Å². The summed E-state index contributed by atoms with van der Waals surface area (Å²) in [6.45, 7) is 6.68. The number of hydrogen-bond acceptors (Lipinski definition) is 6. The molecule has 0 rings (SSSR count). The van der Waals surface area contributed by atoms with E-state index in [4.69, 9.17) is 14.2 Å². The lowest BCUT2D eigenvalue weighted by Gasteiger charge is -2.18. The van der Waals surface area contributed by atoms with Crippen molar-refractivity contribution in [2.45, 2.75) is 335 Å². The molecule has 0 N–H and O–H groups in total. The molecule has 6 nitrogen and oxygen atoms in total. The van der Waals surface area contributed by atoms with Crippen LogP contribution in [0, 0.1) is 0 Å². The number of ether oxygens (including phenoxy) is 3. The molecule has 0 radical (unpaired) electrons. The lowest BCUT2D eigenvalue weighted by Crippen LogP contribution is -2.30. The van der Waals surface area contributed by atoms with Gasteiger partial charge in [-0.1, -0.05) is 277 Å². The molecule has 0 amide bonds. The van der Waals surface area contributed by atoms with Gasteiger partial charge in [0.25, 0.3) is 0 Å². The van der Waals surface area contributed by atoms with Crippen LogP contribution >= 0.6 is 0 Å². The normalized spacial score (nSPS) is 12.0. The van der Waals surface area contributed by atoms with E-state index in [0.717, 1.165) is 64.2 Å². The maximum atomic E-state index is 12.8. The summed E-state index contributed by atoms with van der Waals surface area (Å²) in [4.78, 5) is 38.1. The fourth-order valence-electron chi connectivity index (χ4n) is 8.85. The molecule has 0 aliphatic rings. The van der Waals surface area contributed by atoms with Gasteiger partial charge < -0.3 is 14.2 Å². The Bertz CT molecular complexity index is 1010. The molecule has 0 saturated carbocycles. The molecule has 65 heavy (non-hydrogen) atoms. The van der Waals surface area contributed by atoms with Crippen LogP contribution in [0.25, 0.3) is 0 Å². The van der Waals surface area contributed by atoms with E-state index in [1.807, 2.05) is 0 Å². The smallest absolute Gasteiger partial charge is 0.306 e. The molecule has 0 saturated heterocycles. The van der Waals surface area contributed by atoms with Gasteiger partial charge in [-0.15, -0.1) is 0 Å². The molecule has 384 valence electrons. The predicted octanol–water partition coefficient (Wildman–Crippen LogP) is 19.3. The predicted molar refractivity (Wildman–Crippen MR) is 280 cm³/mol. The number of carbonyl (C=O) groups is 3. The van der Waals surface area contributed by atoms with Gasteiger partial charge in [0.2, 0.25) is 0 Å². The Labute approximate surface area is 405 Å². The van der Waals surface area contributed by atoms with E-state index in [2.05, 4.69) is 32.9 Å². The van der Waals surface area contributed by atoms with Crippen molar-refractivity contribution in [2.75, 3.05) is 13.2 Å². The van der Waals surface area contributed by atoms with E-state index in [-0.39, 0.29) is 31.1 Å². The van der Waals surface area contributed by atoms with Crippen molar-refractivity contribution in [1.29, 1.82) is 0 Å². The molecule has 0 aliphatic heterocycles. The van der Waals surface area contributed by atoms with E-state index in [9.17, 15) is 14.4 Å². The number of hydrogen-bond donors (Lipinski definition) is 0. The Kier molecular flexibility index (Phi) is 53.2. The Morgan fingerprint density at radius 2 is 0.508 bits per heavy atom. The third-order valence-corrected chi connectivity index (χ3v) is 13.3. The Hall–Kier alpha value is -1.85. The minimum atomic E-state index is -0.768. The number of allylic oxidation sites excluding steroid dienone is 2. The van der Waals surface area contributed by atoms with Crippen molar-refractivity contribution in [3.05, 3.63) is 12.2 Å². The SMILES string of the molecule is CCCCCCCC/C=C\CCCCCCCC(=O)OC(COC(=O)CCCCCCCCCCCCC)COC(=O)CCCCCCCCCCCCCCCCCCCCCCC. The largest absolute Gasteiger partial charge is 0.462 e. The third kappa shape index (κ3) is 53.0. The van der Waals surface area contributed by atoms with E-state index in [1.165, 1.54) is 225 Å². The highest BCUT2D eigenvalue weighted by Gasteiger charge is 2.19. The molecule has 0 aromatic heterocycles. The molecular formula is C59H112O6. The highest BCUT2D eigenvalue weighted by Crippen LogP contribution is 2.17. The van der Waals surface area contributed by atoms with Crippen molar-refractivity contribution in [3.63, 3.8) is 0 Å². The Morgan fingerprint density at radius 1 is 0.292 bits per heavy atom. The zero-order valence-electron chi connectivity index (χ0n) is 44.0. The average Bonchev–Trinajstić information content (AvgIpc) is 3.30. The van der Waals surface area contributed by atoms with Crippen LogP contribution in [0.4, 0.5) is 0 Å². The highest BCUT2D eigenvalue weighted by molar-refractivity contribution is 5.71. The van der Waals surface area contributed by atoms with Crippen molar-refractivity contribution >= 4 is 17.9 Å². The lowest BCUT2D eigenvalue weighted by atomic mass is 10.0. The summed E-state index contributed by atoms with van der Waals surface area (Å²) in [5.41, 5.74) is 0. The summed E-state index contributed by atoms with van der Waals surface area (Å²) in [6.07, 6.45) is 62.1. The second kappa shape index (κ2) is 54.8. The van der Waals surface area contributed by atoms with Crippen molar-refractivity contribution in [1.82, 2.24) is 0 Å². The van der Waals surface area contributed by atoms with Gasteiger partial charge in [0.05, 0.1) is 0 Å². The Morgan fingerprint density at radius 3 is 0.769 bits per heavy atom. The fourth-order valence-corrected chi connectivity index (χ4v) is 8.85. The molecule has 6 heteroatoms. The van der Waals surface area contributed by atoms with E-state index in [1.54, 1.807) is 0 Å². The maximum Gasteiger partial charge on any atom is 0.306 e. The zero-order valence-corrected chi connectivity index (χ0v) is 44.0. The first kappa shape index (κ1) is 63.1. The van der Waals surface area contributed by atoms with Crippen LogP contribution in [-0.2, 0) is 28.6 Å². The molecule has 0 aromatic rings. The number of unbranched alkanes of at least 4 members (excludes halogenated alkanes) is 41. The van der Waals surface area contributed by atoms with Crippen LogP contribution in [0.1, 0.15) is 329 Å². The van der Waals surface area contributed by atoms with Gasteiger partial charge in [-0.3, -0.25) is 14.4 Å². The molecule has 1 unspecified atom stereocenters. The van der Waals surface area contributed by atoms with Gasteiger partial charge in [-0.05, 0) is 44.9 Å². The number of rotatable bonds is 54. The topological polar surface area (TPSA) is 78.9 Å². The van der Waals surface area contributed by atoms with Crippen LogP contribution < -0.4 is 0 Å². The van der Waals surface area contributed by atoms with Gasteiger partial charge in [-0.2, -0.15) is 0 Å². The summed E-state index contributed by atoms with van der Waals surface area (Å²) < 4.78 is 16.9. The van der Waals surface area contributed by atoms with E-state index >= 15 is 0 Å². The highest BCUT2D eigenvalue weighted by atomic mass is 16.6. The number of carbonyl (C=O) groups excluding carboxylic acids is 3. The van der Waals surface area contributed by atoms with Crippen LogP contribution in [0.15, 0.2) is 12.2 Å². The molecule has 0 aromatic carbocycles. The third-order valence-electron chi connectivity index (χ3n) is 13.3. The zero-order chi connectivity index (χ0) is 47.2. The molecule has 0 heterocycles. The van der Waals surface area contributed by atoms with Gasteiger partial charge in [0.15, 0.2) is 6.10 Å². The minimum Gasteiger partial charge on any atom is -0.462 e.